The van der Waals surface area contributed by atoms with Crippen LogP contribution in [0, 0.1) is 0 Å². The van der Waals surface area contributed by atoms with Crippen molar-refractivity contribution in [3.63, 3.8) is 0 Å². The molecule has 0 radical (unpaired) electrons. The van der Waals surface area contributed by atoms with E-state index in [4.69, 9.17) is 5.73 Å². The minimum absolute atomic E-state index is 0.0970. The van der Waals surface area contributed by atoms with Gasteiger partial charge in [-0.3, -0.25) is 4.79 Å². The lowest BCUT2D eigenvalue weighted by molar-refractivity contribution is 0.0953. The molecule has 4 N–H and O–H groups in total. The van der Waals surface area contributed by atoms with Gasteiger partial charge in [-0.05, 0) is 36.1 Å². The highest BCUT2D eigenvalue weighted by Gasteiger charge is 2.08. The van der Waals surface area contributed by atoms with Crippen molar-refractivity contribution in [1.82, 2.24) is 5.32 Å². The summed E-state index contributed by atoms with van der Waals surface area (Å²) in [6.07, 6.45) is 0.905. The van der Waals surface area contributed by atoms with Crippen LogP contribution in [0.5, 0.6) is 0 Å². The van der Waals surface area contributed by atoms with Crippen LogP contribution in [0.3, 0.4) is 0 Å². The van der Waals surface area contributed by atoms with Crippen molar-refractivity contribution in [3.05, 3.63) is 66.2 Å². The third kappa shape index (κ3) is 3.33. The predicted octanol–water partition coefficient (Wildman–Crippen LogP) is 4.31. The third-order valence-electron chi connectivity index (χ3n) is 3.91. The molecule has 0 unspecified atom stereocenters. The number of carbonyl (C=O) groups is 1. The number of nitrogens with two attached hydrogens (primary N) is 1. The van der Waals surface area contributed by atoms with Gasteiger partial charge in [-0.2, -0.15) is 0 Å². The quantitative estimate of drug-likeness (QED) is 0.614. The van der Waals surface area contributed by atoms with Crippen molar-refractivity contribution in [3.8, 4) is 0 Å². The zero-order valence-electron chi connectivity index (χ0n) is 13.7. The molecular weight excluding hydrogens is 298 g/mol. The first-order valence-corrected chi connectivity index (χ1v) is 8.11. The molecule has 0 saturated carbocycles. The molecular formula is C20H21N3O. The Morgan fingerprint density at radius 3 is 2.58 bits per heavy atom. The van der Waals surface area contributed by atoms with Crippen molar-refractivity contribution >= 4 is 33.7 Å². The number of carbonyl (C=O) groups excluding carboxylic acids is 1. The Bertz CT molecular complexity index is 868. The van der Waals surface area contributed by atoms with Crippen molar-refractivity contribution in [2.24, 2.45) is 0 Å². The summed E-state index contributed by atoms with van der Waals surface area (Å²) in [4.78, 5) is 12.0. The first-order valence-electron chi connectivity index (χ1n) is 8.11. The Hall–Kier alpha value is -3.01. The summed E-state index contributed by atoms with van der Waals surface area (Å²) in [5.41, 5.74) is 9.04. The Morgan fingerprint density at radius 1 is 1.00 bits per heavy atom. The minimum atomic E-state index is -0.0970. The maximum absolute atomic E-state index is 12.0. The second-order valence-electron chi connectivity index (χ2n) is 5.71. The predicted molar refractivity (Wildman–Crippen MR) is 101 cm³/mol. The molecule has 122 valence electrons. The fourth-order valence-electron chi connectivity index (χ4n) is 2.64. The molecule has 0 bridgehead atoms. The van der Waals surface area contributed by atoms with E-state index in [9.17, 15) is 4.79 Å². The van der Waals surface area contributed by atoms with E-state index in [1.807, 2.05) is 37.3 Å². The smallest absolute Gasteiger partial charge is 0.251 e. The van der Waals surface area contributed by atoms with Crippen molar-refractivity contribution < 1.29 is 4.79 Å². The van der Waals surface area contributed by atoms with Crippen LogP contribution in [-0.2, 0) is 0 Å². The fraction of sp³-hybridized carbons (Fsp3) is 0.150. The molecule has 0 aliphatic rings. The van der Waals surface area contributed by atoms with E-state index in [0.29, 0.717) is 17.8 Å². The van der Waals surface area contributed by atoms with Crippen LogP contribution < -0.4 is 16.4 Å². The summed E-state index contributed by atoms with van der Waals surface area (Å²) in [7, 11) is 0. The van der Waals surface area contributed by atoms with Gasteiger partial charge < -0.3 is 16.4 Å². The molecule has 0 atom stereocenters. The van der Waals surface area contributed by atoms with Crippen LogP contribution in [0.2, 0.25) is 0 Å². The van der Waals surface area contributed by atoms with Gasteiger partial charge in [-0.25, -0.2) is 0 Å². The lowest BCUT2D eigenvalue weighted by Crippen LogP contribution is -2.24. The maximum atomic E-state index is 12.0. The molecule has 3 aromatic rings. The molecule has 4 heteroatoms. The van der Waals surface area contributed by atoms with Gasteiger partial charge in [0.25, 0.3) is 5.91 Å². The molecule has 0 spiro atoms. The average molecular weight is 319 g/mol. The first-order chi connectivity index (χ1) is 11.7. The lowest BCUT2D eigenvalue weighted by atomic mass is 10.1. The topological polar surface area (TPSA) is 67.2 Å². The average Bonchev–Trinajstić information content (AvgIpc) is 2.61. The normalized spacial score (nSPS) is 10.5. The molecule has 24 heavy (non-hydrogen) atoms. The second kappa shape index (κ2) is 7.04. The number of nitrogens with one attached hydrogen (secondary N) is 2. The van der Waals surface area contributed by atoms with E-state index in [2.05, 4.69) is 28.8 Å². The van der Waals surface area contributed by atoms with Gasteiger partial charge in [0.2, 0.25) is 0 Å². The number of hydrogen-bond donors (Lipinski definition) is 3. The highest BCUT2D eigenvalue weighted by atomic mass is 16.1. The van der Waals surface area contributed by atoms with E-state index in [1.165, 1.54) is 0 Å². The van der Waals surface area contributed by atoms with Crippen molar-refractivity contribution in [2.75, 3.05) is 17.6 Å². The fourth-order valence-corrected chi connectivity index (χ4v) is 2.64. The van der Waals surface area contributed by atoms with Gasteiger partial charge in [0, 0.05) is 23.2 Å². The van der Waals surface area contributed by atoms with E-state index in [1.54, 1.807) is 12.1 Å². The van der Waals surface area contributed by atoms with Crippen molar-refractivity contribution in [1.29, 1.82) is 0 Å². The summed E-state index contributed by atoms with van der Waals surface area (Å²) < 4.78 is 0. The Balaban J connectivity index is 1.86. The number of amides is 1. The van der Waals surface area contributed by atoms with E-state index >= 15 is 0 Å². The van der Waals surface area contributed by atoms with Crippen LogP contribution in [0.4, 0.5) is 17.1 Å². The van der Waals surface area contributed by atoms with Crippen LogP contribution in [0.1, 0.15) is 23.7 Å². The second-order valence-corrected chi connectivity index (χ2v) is 5.71. The van der Waals surface area contributed by atoms with Gasteiger partial charge in [0.15, 0.2) is 0 Å². The molecule has 3 rings (SSSR count). The molecule has 0 heterocycles. The van der Waals surface area contributed by atoms with Crippen LogP contribution in [0.25, 0.3) is 10.8 Å². The number of benzene rings is 3. The van der Waals surface area contributed by atoms with Gasteiger partial charge in [0.05, 0.1) is 11.4 Å². The molecule has 4 nitrogen and oxygen atoms in total. The lowest BCUT2D eigenvalue weighted by Gasteiger charge is -2.13. The zero-order valence-corrected chi connectivity index (χ0v) is 13.7. The van der Waals surface area contributed by atoms with E-state index in [-0.39, 0.29) is 5.91 Å². The molecule has 0 saturated heterocycles. The van der Waals surface area contributed by atoms with E-state index < -0.39 is 0 Å². The first kappa shape index (κ1) is 15.9. The van der Waals surface area contributed by atoms with Gasteiger partial charge in [-0.15, -0.1) is 0 Å². The molecule has 0 aliphatic heterocycles. The number of rotatable bonds is 5. The monoisotopic (exact) mass is 319 g/mol. The van der Waals surface area contributed by atoms with Gasteiger partial charge >= 0.3 is 0 Å². The Morgan fingerprint density at radius 2 is 1.79 bits per heavy atom. The van der Waals surface area contributed by atoms with E-state index in [0.717, 1.165) is 28.6 Å². The van der Waals surface area contributed by atoms with Crippen LogP contribution >= 0.6 is 0 Å². The van der Waals surface area contributed by atoms with Crippen molar-refractivity contribution in [2.45, 2.75) is 13.3 Å². The molecule has 0 fully saturated rings. The third-order valence-corrected chi connectivity index (χ3v) is 3.91. The summed E-state index contributed by atoms with van der Waals surface area (Å²) in [6.45, 7) is 2.68. The Labute approximate surface area is 141 Å². The summed E-state index contributed by atoms with van der Waals surface area (Å²) in [5.74, 6) is -0.0970. The molecule has 1 amide bonds. The summed E-state index contributed by atoms with van der Waals surface area (Å²) >= 11 is 0. The van der Waals surface area contributed by atoms with Gasteiger partial charge in [0.1, 0.15) is 0 Å². The minimum Gasteiger partial charge on any atom is -0.397 e. The number of anilines is 3. The standard InChI is InChI=1S/C20H21N3O/c1-2-12-22-20(24)15-10-11-19(17(21)13-15)23-18-9-5-7-14-6-3-4-8-16(14)18/h3-11,13,23H,2,12,21H2,1H3,(H,22,24). The Kier molecular flexibility index (Phi) is 4.66. The summed E-state index contributed by atoms with van der Waals surface area (Å²) in [5, 5.41) is 8.51. The van der Waals surface area contributed by atoms with Crippen LogP contribution in [-0.4, -0.2) is 12.5 Å². The number of hydrogen-bond acceptors (Lipinski definition) is 3. The SMILES string of the molecule is CCCNC(=O)c1ccc(Nc2cccc3ccccc23)c(N)c1. The van der Waals surface area contributed by atoms with Gasteiger partial charge in [-0.1, -0.05) is 43.3 Å². The molecule has 0 aromatic heterocycles. The highest BCUT2D eigenvalue weighted by molar-refractivity contribution is 5.98. The maximum Gasteiger partial charge on any atom is 0.251 e. The largest absolute Gasteiger partial charge is 0.397 e. The number of nitrogen functional groups attached to an aromatic ring is 1. The summed E-state index contributed by atoms with van der Waals surface area (Å²) in [6, 6.07) is 19.6. The zero-order chi connectivity index (χ0) is 16.9. The number of fused-ring (bicyclic) bond motifs is 1. The molecule has 0 aliphatic carbocycles. The molecule has 3 aromatic carbocycles. The van der Waals surface area contributed by atoms with Crippen LogP contribution in [0.15, 0.2) is 60.7 Å². The highest BCUT2D eigenvalue weighted by Crippen LogP contribution is 2.29.